The summed E-state index contributed by atoms with van der Waals surface area (Å²) in [5.41, 5.74) is 2.73. The van der Waals surface area contributed by atoms with Crippen LogP contribution >= 0.6 is 11.8 Å². The Morgan fingerprint density at radius 2 is 1.81 bits per heavy atom. The van der Waals surface area contributed by atoms with Gasteiger partial charge in [-0.05, 0) is 37.9 Å². The standard InChI is InChI=1S/C17H25NO2S/c1-4-7-18-8-9-21-17-11-13-12(10-14(17)18)15(19-2)5-6-16(13)20-3/h5-6,14,17H,4,7-11H2,1-3H3/t14-,17-/m1/s1. The molecule has 0 saturated carbocycles. The maximum atomic E-state index is 5.61. The summed E-state index contributed by atoms with van der Waals surface area (Å²) in [6, 6.07) is 4.75. The van der Waals surface area contributed by atoms with Crippen LogP contribution in [0.2, 0.25) is 0 Å². The number of hydrogen-bond acceptors (Lipinski definition) is 4. The molecule has 4 heteroatoms. The van der Waals surface area contributed by atoms with E-state index in [0.29, 0.717) is 11.3 Å². The first-order valence-corrected chi connectivity index (χ1v) is 8.91. The fraction of sp³-hybridized carbons (Fsp3) is 0.647. The molecule has 1 aromatic rings. The molecule has 0 spiro atoms. The number of benzene rings is 1. The highest BCUT2D eigenvalue weighted by Crippen LogP contribution is 2.42. The third-order valence-electron chi connectivity index (χ3n) is 4.72. The van der Waals surface area contributed by atoms with Crippen molar-refractivity contribution >= 4 is 11.8 Å². The van der Waals surface area contributed by atoms with Gasteiger partial charge in [0.15, 0.2) is 0 Å². The molecule has 1 aromatic carbocycles. The van der Waals surface area contributed by atoms with Crippen molar-refractivity contribution in [2.75, 3.05) is 33.1 Å². The number of thioether (sulfide) groups is 1. The van der Waals surface area contributed by atoms with Crippen LogP contribution in [0.4, 0.5) is 0 Å². The molecule has 0 aromatic heterocycles. The molecule has 3 rings (SSSR count). The molecule has 1 heterocycles. The van der Waals surface area contributed by atoms with Crippen LogP contribution in [0.3, 0.4) is 0 Å². The van der Waals surface area contributed by atoms with Crippen LogP contribution in [0.1, 0.15) is 24.5 Å². The lowest BCUT2D eigenvalue weighted by molar-refractivity contribution is 0.186. The first kappa shape index (κ1) is 15.0. The Hall–Kier alpha value is -0.870. The molecule has 1 aliphatic heterocycles. The van der Waals surface area contributed by atoms with Crippen LogP contribution in [-0.4, -0.2) is 49.3 Å². The van der Waals surface area contributed by atoms with Crippen LogP contribution in [0.5, 0.6) is 11.5 Å². The van der Waals surface area contributed by atoms with Gasteiger partial charge in [0.05, 0.1) is 14.2 Å². The second-order valence-electron chi connectivity index (χ2n) is 5.85. The average Bonchev–Trinajstić information content (AvgIpc) is 2.52. The summed E-state index contributed by atoms with van der Waals surface area (Å²) in [6.45, 7) is 4.71. The van der Waals surface area contributed by atoms with E-state index in [-0.39, 0.29) is 0 Å². The van der Waals surface area contributed by atoms with E-state index in [4.69, 9.17) is 9.47 Å². The van der Waals surface area contributed by atoms with Gasteiger partial charge in [0.1, 0.15) is 11.5 Å². The second kappa shape index (κ2) is 6.49. The molecule has 0 unspecified atom stereocenters. The second-order valence-corrected chi connectivity index (χ2v) is 7.20. The highest BCUT2D eigenvalue weighted by atomic mass is 32.2. The van der Waals surface area contributed by atoms with Gasteiger partial charge in [0, 0.05) is 34.7 Å². The van der Waals surface area contributed by atoms with Crippen LogP contribution in [-0.2, 0) is 12.8 Å². The van der Waals surface area contributed by atoms with Crippen molar-refractivity contribution in [1.29, 1.82) is 0 Å². The highest BCUT2D eigenvalue weighted by molar-refractivity contribution is 8.00. The van der Waals surface area contributed by atoms with Crippen LogP contribution in [0, 0.1) is 0 Å². The molecule has 1 aliphatic carbocycles. The average molecular weight is 307 g/mol. The maximum absolute atomic E-state index is 5.61. The number of ether oxygens (including phenoxy) is 2. The molecule has 0 N–H and O–H groups in total. The Morgan fingerprint density at radius 3 is 2.43 bits per heavy atom. The van der Waals surface area contributed by atoms with E-state index in [0.717, 1.165) is 24.3 Å². The Labute approximate surface area is 132 Å². The zero-order valence-corrected chi connectivity index (χ0v) is 14.0. The predicted molar refractivity (Wildman–Crippen MR) is 88.9 cm³/mol. The van der Waals surface area contributed by atoms with Crippen molar-refractivity contribution in [1.82, 2.24) is 4.90 Å². The lowest BCUT2D eigenvalue weighted by Gasteiger charge is -2.44. The molecule has 1 saturated heterocycles. The molecule has 0 bridgehead atoms. The quantitative estimate of drug-likeness (QED) is 0.852. The summed E-state index contributed by atoms with van der Waals surface area (Å²) < 4.78 is 11.2. The van der Waals surface area contributed by atoms with Gasteiger partial charge in [0.25, 0.3) is 0 Å². The molecule has 1 fully saturated rings. The number of hydrogen-bond donors (Lipinski definition) is 0. The van der Waals surface area contributed by atoms with Gasteiger partial charge in [-0.2, -0.15) is 11.8 Å². The third-order valence-corrected chi connectivity index (χ3v) is 6.05. The number of nitrogens with zero attached hydrogens (tertiary/aromatic N) is 1. The lowest BCUT2D eigenvalue weighted by atomic mass is 9.85. The van der Waals surface area contributed by atoms with Gasteiger partial charge in [0.2, 0.25) is 0 Å². The van der Waals surface area contributed by atoms with E-state index in [9.17, 15) is 0 Å². The fourth-order valence-corrected chi connectivity index (χ4v) is 5.16. The monoisotopic (exact) mass is 307 g/mol. The Morgan fingerprint density at radius 1 is 1.14 bits per heavy atom. The molecule has 0 amide bonds. The SMILES string of the molecule is CCCN1CCS[C@@H]2Cc3c(OC)ccc(OC)c3C[C@H]21. The molecular formula is C17H25NO2S. The zero-order chi connectivity index (χ0) is 14.8. The third kappa shape index (κ3) is 2.76. The summed E-state index contributed by atoms with van der Waals surface area (Å²) in [5.74, 6) is 3.30. The van der Waals surface area contributed by atoms with Crippen LogP contribution < -0.4 is 9.47 Å². The summed E-state index contributed by atoms with van der Waals surface area (Å²) >= 11 is 2.13. The number of rotatable bonds is 4. The van der Waals surface area contributed by atoms with Crippen molar-refractivity contribution < 1.29 is 9.47 Å². The van der Waals surface area contributed by atoms with E-state index in [1.807, 2.05) is 0 Å². The van der Waals surface area contributed by atoms with Gasteiger partial charge in [-0.25, -0.2) is 0 Å². The minimum absolute atomic E-state index is 0.650. The minimum atomic E-state index is 0.650. The maximum Gasteiger partial charge on any atom is 0.122 e. The lowest BCUT2D eigenvalue weighted by Crippen LogP contribution is -2.51. The summed E-state index contributed by atoms with van der Waals surface area (Å²) in [6.07, 6.45) is 3.43. The van der Waals surface area contributed by atoms with Crippen molar-refractivity contribution in [3.05, 3.63) is 23.3 Å². The van der Waals surface area contributed by atoms with E-state index in [1.54, 1.807) is 14.2 Å². The van der Waals surface area contributed by atoms with Crippen molar-refractivity contribution in [3.63, 3.8) is 0 Å². The van der Waals surface area contributed by atoms with Gasteiger partial charge >= 0.3 is 0 Å². The van der Waals surface area contributed by atoms with Gasteiger partial charge in [-0.1, -0.05) is 6.92 Å². The molecule has 0 radical (unpaired) electrons. The predicted octanol–water partition coefficient (Wildman–Crippen LogP) is 3.00. The Kier molecular flexibility index (Phi) is 4.65. The van der Waals surface area contributed by atoms with E-state index >= 15 is 0 Å². The summed E-state index contributed by atoms with van der Waals surface area (Å²) in [5, 5.41) is 0.693. The summed E-state index contributed by atoms with van der Waals surface area (Å²) in [7, 11) is 3.54. The largest absolute Gasteiger partial charge is 0.496 e. The summed E-state index contributed by atoms with van der Waals surface area (Å²) in [4.78, 5) is 2.68. The topological polar surface area (TPSA) is 21.7 Å². The fourth-order valence-electron chi connectivity index (χ4n) is 3.74. The Bertz CT molecular complexity index is 504. The molecule has 3 nitrogen and oxygen atoms in total. The van der Waals surface area contributed by atoms with Gasteiger partial charge in [-0.15, -0.1) is 0 Å². The molecule has 21 heavy (non-hydrogen) atoms. The molecule has 2 atom stereocenters. The van der Waals surface area contributed by atoms with Crippen molar-refractivity contribution in [2.45, 2.75) is 37.5 Å². The molecule has 2 aliphatic rings. The van der Waals surface area contributed by atoms with Crippen LogP contribution in [0.25, 0.3) is 0 Å². The first-order valence-electron chi connectivity index (χ1n) is 7.86. The van der Waals surface area contributed by atoms with Crippen molar-refractivity contribution in [3.8, 4) is 11.5 Å². The zero-order valence-electron chi connectivity index (χ0n) is 13.2. The normalized spacial score (nSPS) is 25.1. The van der Waals surface area contributed by atoms with E-state index in [2.05, 4.69) is 35.7 Å². The molecular weight excluding hydrogens is 282 g/mol. The highest BCUT2D eigenvalue weighted by Gasteiger charge is 2.37. The van der Waals surface area contributed by atoms with Crippen LogP contribution in [0.15, 0.2) is 12.1 Å². The smallest absolute Gasteiger partial charge is 0.122 e. The number of fused-ring (bicyclic) bond motifs is 2. The van der Waals surface area contributed by atoms with Crippen molar-refractivity contribution in [2.24, 2.45) is 0 Å². The molecule has 116 valence electrons. The Balaban J connectivity index is 1.96. The number of methoxy groups -OCH3 is 2. The van der Waals surface area contributed by atoms with E-state index in [1.165, 1.54) is 36.4 Å². The van der Waals surface area contributed by atoms with E-state index < -0.39 is 0 Å². The minimum Gasteiger partial charge on any atom is -0.496 e. The first-order chi connectivity index (χ1) is 10.3. The van der Waals surface area contributed by atoms with Gasteiger partial charge < -0.3 is 9.47 Å². The van der Waals surface area contributed by atoms with Gasteiger partial charge in [-0.3, -0.25) is 4.90 Å².